The van der Waals surface area contributed by atoms with E-state index in [1.54, 1.807) is 24.3 Å². The van der Waals surface area contributed by atoms with Gasteiger partial charge in [0.15, 0.2) is 5.13 Å². The highest BCUT2D eigenvalue weighted by atomic mass is 79.9. The largest absolute Gasteiger partial charge is 0.507 e. The average molecular weight is 527 g/mol. The van der Waals surface area contributed by atoms with E-state index in [1.807, 2.05) is 0 Å². The number of aliphatic hydroxyl groups excluding tert-OH is 1. The van der Waals surface area contributed by atoms with E-state index in [0.29, 0.717) is 20.3 Å². The molecule has 1 aliphatic rings. The third-order valence-corrected chi connectivity index (χ3v) is 6.78. The first-order valence-corrected chi connectivity index (χ1v) is 11.3. The predicted octanol–water partition coefficient (Wildman–Crippen LogP) is 5.96. The number of ketones is 1. The smallest absolute Gasteiger partial charge is 0.301 e. The lowest BCUT2D eigenvalue weighted by Crippen LogP contribution is -2.29. The number of fused-ring (bicyclic) bond motifs is 1. The molecule has 3 aromatic carbocycles. The molecule has 164 valence electrons. The molecule has 0 saturated carbocycles. The molecule has 0 radical (unpaired) electrons. The third kappa shape index (κ3) is 3.73. The molecule has 1 aliphatic heterocycles. The minimum absolute atomic E-state index is 0.143. The number of hydrogen-bond acceptors (Lipinski definition) is 5. The van der Waals surface area contributed by atoms with Crippen LogP contribution >= 0.6 is 27.3 Å². The highest BCUT2D eigenvalue weighted by Crippen LogP contribution is 2.44. The zero-order valence-corrected chi connectivity index (χ0v) is 19.0. The molecule has 1 saturated heterocycles. The molecule has 5 rings (SSSR count). The molecule has 1 fully saturated rings. The lowest BCUT2D eigenvalue weighted by molar-refractivity contribution is -0.132. The van der Waals surface area contributed by atoms with E-state index in [4.69, 9.17) is 0 Å². The Labute approximate surface area is 198 Å². The zero-order chi connectivity index (χ0) is 23.3. The summed E-state index contributed by atoms with van der Waals surface area (Å²) in [6.45, 7) is 0. The summed E-state index contributed by atoms with van der Waals surface area (Å²) < 4.78 is 28.3. The second kappa shape index (κ2) is 8.17. The molecule has 5 nitrogen and oxygen atoms in total. The van der Waals surface area contributed by atoms with Gasteiger partial charge in [-0.2, -0.15) is 0 Å². The molecule has 0 aliphatic carbocycles. The Balaban J connectivity index is 1.74. The van der Waals surface area contributed by atoms with Gasteiger partial charge in [0.05, 0.1) is 21.8 Å². The van der Waals surface area contributed by atoms with Crippen molar-refractivity contribution in [2.24, 2.45) is 0 Å². The molecule has 1 N–H and O–H groups in total. The quantitative estimate of drug-likeness (QED) is 0.203. The first-order valence-electron chi connectivity index (χ1n) is 9.72. The molecule has 0 spiro atoms. The minimum Gasteiger partial charge on any atom is -0.507 e. The molecule has 1 amide bonds. The number of aliphatic hydroxyl groups is 1. The molecule has 1 atom stereocenters. The fraction of sp³-hybridized carbons (Fsp3) is 0.0417. The number of aromatic nitrogens is 1. The summed E-state index contributed by atoms with van der Waals surface area (Å²) in [4.78, 5) is 31.9. The maximum atomic E-state index is 13.7. The number of hydrogen-bond donors (Lipinski definition) is 1. The van der Waals surface area contributed by atoms with E-state index >= 15 is 0 Å². The monoisotopic (exact) mass is 526 g/mol. The van der Waals surface area contributed by atoms with Crippen molar-refractivity contribution in [1.82, 2.24) is 4.98 Å². The van der Waals surface area contributed by atoms with Gasteiger partial charge in [-0.05, 0) is 60.2 Å². The van der Waals surface area contributed by atoms with Gasteiger partial charge >= 0.3 is 5.91 Å². The van der Waals surface area contributed by atoms with Gasteiger partial charge in [-0.25, -0.2) is 13.8 Å². The van der Waals surface area contributed by atoms with Crippen molar-refractivity contribution in [2.45, 2.75) is 6.04 Å². The lowest BCUT2D eigenvalue weighted by atomic mass is 9.95. The topological polar surface area (TPSA) is 70.5 Å². The molecular formula is C24H13BrF2N2O3S. The maximum absolute atomic E-state index is 13.7. The Morgan fingerprint density at radius 2 is 1.73 bits per heavy atom. The van der Waals surface area contributed by atoms with Crippen molar-refractivity contribution in [3.63, 3.8) is 0 Å². The van der Waals surface area contributed by atoms with E-state index in [9.17, 15) is 23.5 Å². The second-order valence-corrected chi connectivity index (χ2v) is 9.26. The van der Waals surface area contributed by atoms with Crippen LogP contribution < -0.4 is 4.90 Å². The van der Waals surface area contributed by atoms with Gasteiger partial charge in [0.25, 0.3) is 5.78 Å². The molecular weight excluding hydrogens is 514 g/mol. The SMILES string of the molecule is O=C1C(=O)N(c2nc3ccc(F)cc3s2)[C@@H](c2cccc(Br)c2)C1=C(O)c1ccc(F)cc1. The van der Waals surface area contributed by atoms with E-state index < -0.39 is 35.1 Å². The van der Waals surface area contributed by atoms with Crippen LogP contribution in [-0.4, -0.2) is 21.8 Å². The number of rotatable bonds is 3. The van der Waals surface area contributed by atoms with E-state index in [1.165, 1.54) is 35.2 Å². The summed E-state index contributed by atoms with van der Waals surface area (Å²) in [5.41, 5.74) is 1.08. The van der Waals surface area contributed by atoms with Crippen LogP contribution in [0.25, 0.3) is 16.0 Å². The molecule has 1 aromatic heterocycles. The first-order chi connectivity index (χ1) is 15.8. The second-order valence-electron chi connectivity index (χ2n) is 7.34. The molecule has 2 heterocycles. The lowest BCUT2D eigenvalue weighted by Gasteiger charge is -2.23. The summed E-state index contributed by atoms with van der Waals surface area (Å²) in [6.07, 6.45) is 0. The molecule has 4 aromatic rings. The summed E-state index contributed by atoms with van der Waals surface area (Å²) in [5, 5.41) is 11.2. The fourth-order valence-electron chi connectivity index (χ4n) is 3.77. The van der Waals surface area contributed by atoms with Crippen LogP contribution in [-0.2, 0) is 9.59 Å². The minimum atomic E-state index is -0.988. The molecule has 9 heteroatoms. The van der Waals surface area contributed by atoms with Gasteiger partial charge in [0, 0.05) is 10.0 Å². The Hall–Kier alpha value is -3.43. The van der Waals surface area contributed by atoms with Gasteiger partial charge in [-0.15, -0.1) is 0 Å². The fourth-order valence-corrected chi connectivity index (χ4v) is 5.21. The van der Waals surface area contributed by atoms with Crippen LogP contribution in [0.2, 0.25) is 0 Å². The van der Waals surface area contributed by atoms with Crippen molar-refractivity contribution in [2.75, 3.05) is 4.90 Å². The number of carbonyl (C=O) groups is 2. The normalized spacial score (nSPS) is 17.8. The van der Waals surface area contributed by atoms with Gasteiger partial charge < -0.3 is 5.11 Å². The highest BCUT2D eigenvalue weighted by Gasteiger charge is 2.48. The maximum Gasteiger partial charge on any atom is 0.301 e. The van der Waals surface area contributed by atoms with Crippen LogP contribution in [0, 0.1) is 11.6 Å². The van der Waals surface area contributed by atoms with Crippen LogP contribution in [0.15, 0.2) is 76.8 Å². The number of nitrogens with zero attached hydrogens (tertiary/aromatic N) is 2. The third-order valence-electron chi connectivity index (χ3n) is 5.27. The standard InChI is InChI=1S/C24H13BrF2N2O3S/c25-14-3-1-2-13(10-14)20-19(21(30)12-4-6-15(26)7-5-12)22(31)23(32)29(20)24-28-17-9-8-16(27)11-18(17)33-24/h1-11,20,30H/t20-/m0/s1. The van der Waals surface area contributed by atoms with Crippen LogP contribution in [0.3, 0.4) is 0 Å². The summed E-state index contributed by atoms with van der Waals surface area (Å²) in [7, 11) is 0. The molecule has 0 bridgehead atoms. The number of carbonyl (C=O) groups excluding carboxylic acids is 2. The Kier molecular flexibility index (Phi) is 5.30. The number of Topliss-reactive ketones (excluding diaryl/α,β-unsaturated/α-hetero) is 1. The summed E-state index contributed by atoms with van der Waals surface area (Å²) in [6, 6.07) is 15.0. The average Bonchev–Trinajstić information content (AvgIpc) is 3.32. The zero-order valence-electron chi connectivity index (χ0n) is 16.6. The van der Waals surface area contributed by atoms with Gasteiger partial charge in [0.1, 0.15) is 17.4 Å². The van der Waals surface area contributed by atoms with Crippen LogP contribution in [0.4, 0.5) is 13.9 Å². The van der Waals surface area contributed by atoms with Crippen molar-refractivity contribution < 1.29 is 23.5 Å². The van der Waals surface area contributed by atoms with Gasteiger partial charge in [-0.3, -0.25) is 14.5 Å². The van der Waals surface area contributed by atoms with Crippen LogP contribution in [0.1, 0.15) is 17.2 Å². The number of amides is 1. The van der Waals surface area contributed by atoms with E-state index in [0.717, 1.165) is 23.5 Å². The predicted molar refractivity (Wildman–Crippen MR) is 125 cm³/mol. The molecule has 33 heavy (non-hydrogen) atoms. The number of thiazole rings is 1. The highest BCUT2D eigenvalue weighted by molar-refractivity contribution is 9.10. The molecule has 0 unspecified atom stereocenters. The summed E-state index contributed by atoms with van der Waals surface area (Å²) in [5.74, 6) is -3.14. The Bertz CT molecular complexity index is 1470. The van der Waals surface area contributed by atoms with E-state index in [2.05, 4.69) is 20.9 Å². The van der Waals surface area contributed by atoms with Gasteiger partial charge in [-0.1, -0.05) is 39.4 Å². The van der Waals surface area contributed by atoms with Crippen molar-refractivity contribution in [3.05, 3.63) is 99.5 Å². The van der Waals surface area contributed by atoms with Crippen molar-refractivity contribution >= 4 is 60.1 Å². The number of benzene rings is 3. The van der Waals surface area contributed by atoms with Crippen LogP contribution in [0.5, 0.6) is 0 Å². The summed E-state index contributed by atoms with van der Waals surface area (Å²) >= 11 is 4.46. The van der Waals surface area contributed by atoms with Gasteiger partial charge in [0.2, 0.25) is 0 Å². The van der Waals surface area contributed by atoms with E-state index in [-0.39, 0.29) is 16.3 Å². The number of halogens is 3. The Morgan fingerprint density at radius 1 is 1.00 bits per heavy atom. The van der Waals surface area contributed by atoms with Crippen molar-refractivity contribution in [1.29, 1.82) is 0 Å². The first kappa shape index (κ1) is 21.4. The Morgan fingerprint density at radius 3 is 2.45 bits per heavy atom. The van der Waals surface area contributed by atoms with Crippen molar-refractivity contribution in [3.8, 4) is 0 Å². The number of anilines is 1.